The Morgan fingerprint density at radius 3 is 1.00 bits per heavy atom. The van der Waals surface area contributed by atoms with Crippen LogP contribution in [0.15, 0.2) is 0 Å². The molecule has 0 bridgehead atoms. The van der Waals surface area contributed by atoms with Crippen molar-refractivity contribution in [3.63, 3.8) is 0 Å². The summed E-state index contributed by atoms with van der Waals surface area (Å²) in [5.41, 5.74) is 0. The predicted octanol–water partition coefficient (Wildman–Crippen LogP) is 0. The largest absolute Gasteiger partial charge is 0 e. The minimum atomic E-state index is 0. The zero-order chi connectivity index (χ0) is 0. The smallest absolute Gasteiger partial charge is 0 e. The molecule has 0 aliphatic heterocycles. The molecule has 0 radical (unpaired) electrons. The van der Waals surface area contributed by atoms with E-state index in [2.05, 4.69) is 0 Å². The van der Waals surface area contributed by atoms with Crippen molar-refractivity contribution >= 4 is 0 Å². The molecule has 0 aliphatic rings. The zero-order valence-corrected chi connectivity index (χ0v) is 8.37. The first-order valence-electron chi connectivity index (χ1n) is 0. The van der Waals surface area contributed by atoms with Gasteiger partial charge < -0.3 is 0 Å². The Hall–Kier alpha value is 6.43. The molecule has 0 aromatic rings. The Balaban J connectivity index is 0. The van der Waals surface area contributed by atoms with Gasteiger partial charge in [0, 0.05) is 204 Å². The second-order valence-corrected chi connectivity index (χ2v) is 0. The fourth-order valence-electron chi connectivity index (χ4n) is 0. The molecular formula is ArKrRnXe. The molecule has 0 spiro atoms. The summed E-state index contributed by atoms with van der Waals surface area (Å²) in [6, 6.07) is 0. The van der Waals surface area contributed by atoms with Gasteiger partial charge in [-0.1, -0.05) is 0 Å². The molecule has 0 fully saturated rings. The van der Waals surface area contributed by atoms with Gasteiger partial charge in [-0.25, -0.2) is 0 Å². The summed E-state index contributed by atoms with van der Waals surface area (Å²) in [4.78, 5) is 0. The average molecular weight is 477 g/mol. The first-order chi connectivity index (χ1) is 0. The Morgan fingerprint density at radius 2 is 1.00 bits per heavy atom. The van der Waals surface area contributed by atoms with Crippen molar-refractivity contribution in [3.05, 3.63) is 0 Å². The van der Waals surface area contributed by atoms with Crippen LogP contribution in [0.3, 0.4) is 0 Å². The summed E-state index contributed by atoms with van der Waals surface area (Å²) < 4.78 is 0. The van der Waals surface area contributed by atoms with E-state index in [1.807, 2.05) is 0 Å². The van der Waals surface area contributed by atoms with Gasteiger partial charge in [-0.3, -0.25) is 0 Å². The summed E-state index contributed by atoms with van der Waals surface area (Å²) in [7, 11) is 0. The van der Waals surface area contributed by atoms with Crippen molar-refractivity contribution in [2.45, 2.75) is 0 Å². The van der Waals surface area contributed by atoms with Crippen LogP contribution in [0.2, 0.25) is 0 Å². The summed E-state index contributed by atoms with van der Waals surface area (Å²) in [6.45, 7) is 0. The van der Waals surface area contributed by atoms with Crippen molar-refractivity contribution in [2.75, 3.05) is 0 Å². The molecular weight excluding hydrogens is 477 g/mol. The molecule has 0 saturated heterocycles. The monoisotopic (exact) mass is 478 g/mol. The van der Waals surface area contributed by atoms with Crippen molar-refractivity contribution in [1.29, 1.82) is 0 Å². The van der Waals surface area contributed by atoms with Crippen LogP contribution in [0.4, 0.5) is 0 Å². The Kier molecular flexibility index (Phi) is 90.9. The third kappa shape index (κ3) is 11.3. The minimum Gasteiger partial charge on any atom is 0 e. The quantitative estimate of drug-likeness (QED) is 0.462. The first-order valence-corrected chi connectivity index (χ1v) is 0. The van der Waals surface area contributed by atoms with E-state index in [0.29, 0.717) is 0 Å². The van der Waals surface area contributed by atoms with E-state index in [4.69, 9.17) is 0 Å². The van der Waals surface area contributed by atoms with Crippen LogP contribution in [0, 0.1) is 204 Å². The molecule has 32 valence electrons. The number of rotatable bonds is 0. The van der Waals surface area contributed by atoms with E-state index in [0.717, 1.165) is 0 Å². The van der Waals surface area contributed by atoms with E-state index >= 15 is 0 Å². The van der Waals surface area contributed by atoms with E-state index in [1.54, 1.807) is 0 Å². The van der Waals surface area contributed by atoms with Crippen LogP contribution in [-0.4, -0.2) is 0 Å². The molecule has 0 rings (SSSR count). The predicted molar refractivity (Wildman–Crippen MR) is 0 cm³/mol. The van der Waals surface area contributed by atoms with E-state index in [1.165, 1.54) is 0 Å². The standard InChI is InChI=1S/Ar.Kr.Rn.Xe. The second-order valence-electron chi connectivity index (χ2n) is 0. The average Bonchev–Trinajstić information content (AvgIpc) is 0. The van der Waals surface area contributed by atoms with Gasteiger partial charge in [-0.05, 0) is 0 Å². The van der Waals surface area contributed by atoms with Crippen LogP contribution in [0.25, 0.3) is 0 Å². The molecule has 4 heavy (non-hydrogen) atoms. The van der Waals surface area contributed by atoms with Crippen molar-refractivity contribution in [1.82, 2.24) is 0 Å². The summed E-state index contributed by atoms with van der Waals surface area (Å²) >= 11 is 0. The van der Waals surface area contributed by atoms with Crippen LogP contribution in [0.5, 0.6) is 0 Å². The van der Waals surface area contributed by atoms with Crippen LogP contribution in [-0.2, 0) is 0 Å². The molecule has 0 atom stereocenters. The van der Waals surface area contributed by atoms with Gasteiger partial charge in [0.1, 0.15) is 0 Å². The molecule has 0 heterocycles. The van der Waals surface area contributed by atoms with Crippen LogP contribution < -0.4 is 0 Å². The van der Waals surface area contributed by atoms with E-state index in [9.17, 15) is 0 Å². The minimum absolute atomic E-state index is 0. The van der Waals surface area contributed by atoms with Gasteiger partial charge in [0.15, 0.2) is 0 Å². The van der Waals surface area contributed by atoms with Gasteiger partial charge in [0.05, 0.1) is 0 Å². The normalized spacial score (nSPS) is 0. The van der Waals surface area contributed by atoms with E-state index < -0.39 is 0 Å². The van der Waals surface area contributed by atoms with Gasteiger partial charge in [-0.15, -0.1) is 0 Å². The molecule has 0 aromatic heterocycles. The van der Waals surface area contributed by atoms with Crippen LogP contribution >= 0.6 is 0 Å². The first kappa shape index (κ1) is 22.4. The zero-order valence-electron chi connectivity index (χ0n) is 1.41. The fraction of sp³-hybridized carbons (Fsp3) is 0. The number of hydrogen-bond donors (Lipinski definition) is 0. The third-order valence-electron chi connectivity index (χ3n) is 0. The van der Waals surface area contributed by atoms with Crippen molar-refractivity contribution in [3.8, 4) is 0 Å². The maximum Gasteiger partial charge on any atom is 0 e. The third-order valence-corrected chi connectivity index (χ3v) is 0. The number of hydrogen-bond acceptors (Lipinski definition) is 0. The van der Waals surface area contributed by atoms with E-state index in [-0.39, 0.29) is 204 Å². The van der Waals surface area contributed by atoms with Gasteiger partial charge in [0.25, 0.3) is 0 Å². The molecule has 0 N–H and O–H groups in total. The Morgan fingerprint density at radius 1 is 1.00 bits per heavy atom. The molecule has 0 nitrogen and oxygen atoms in total. The summed E-state index contributed by atoms with van der Waals surface area (Å²) in [5.74, 6) is 0. The molecule has 4 heteroatoms. The molecule has 0 aromatic carbocycles. The second kappa shape index (κ2) is 16.2. The summed E-state index contributed by atoms with van der Waals surface area (Å²) in [6.07, 6.45) is 0. The Bertz CT molecular complexity index is 8.00. The molecule has 0 unspecified atom stereocenters. The topological polar surface area (TPSA) is 0 Å². The SMILES string of the molecule is [Ar].[Kr].[Rn].[Xe]. The Labute approximate surface area is 196 Å². The molecule has 0 saturated carbocycles. The fourth-order valence-corrected chi connectivity index (χ4v) is 0. The van der Waals surface area contributed by atoms with Crippen molar-refractivity contribution < 1.29 is 204 Å². The molecule has 0 aliphatic carbocycles. The van der Waals surface area contributed by atoms with Crippen molar-refractivity contribution in [2.24, 2.45) is 0 Å². The van der Waals surface area contributed by atoms with Crippen LogP contribution in [0.1, 0.15) is 0 Å². The maximum absolute atomic E-state index is 0. The maximum atomic E-state index is 0. The van der Waals surface area contributed by atoms with Gasteiger partial charge in [0.2, 0.25) is 0 Å². The van der Waals surface area contributed by atoms with Gasteiger partial charge in [-0.2, -0.15) is 0 Å². The summed E-state index contributed by atoms with van der Waals surface area (Å²) in [5, 5.41) is 0. The molecule has 0 amide bonds. The van der Waals surface area contributed by atoms with Gasteiger partial charge >= 0.3 is 0 Å².